The maximum Gasteiger partial charge on any atom is 0.333 e. The van der Waals surface area contributed by atoms with Crippen LogP contribution in [0.5, 0.6) is 0 Å². The highest BCUT2D eigenvalue weighted by Crippen LogP contribution is 2.00. The zero-order valence-electron chi connectivity index (χ0n) is 6.98. The summed E-state index contributed by atoms with van der Waals surface area (Å²) in [6.45, 7) is -0.842. The Kier molecular flexibility index (Phi) is 5.12. The summed E-state index contributed by atoms with van der Waals surface area (Å²) in [7, 11) is -4.23. The van der Waals surface area contributed by atoms with Gasteiger partial charge in [0.15, 0.2) is 6.29 Å². The van der Waals surface area contributed by atoms with Gasteiger partial charge in [-0.25, -0.2) is 5.14 Å². The summed E-state index contributed by atoms with van der Waals surface area (Å²) in [5.41, 5.74) is 0. The average molecular weight is 229 g/mol. The predicted molar refractivity (Wildman–Crippen MR) is 43.1 cm³/mol. The quantitative estimate of drug-likeness (QED) is 0.345. The molecular formula is C5H11NO7S. The van der Waals surface area contributed by atoms with Gasteiger partial charge in [-0.05, 0) is 0 Å². The van der Waals surface area contributed by atoms with Crippen LogP contribution in [0.1, 0.15) is 0 Å². The third-order valence-electron chi connectivity index (χ3n) is 1.29. The van der Waals surface area contributed by atoms with E-state index < -0.39 is 35.2 Å². The van der Waals surface area contributed by atoms with Gasteiger partial charge < -0.3 is 20.1 Å². The fourth-order valence-electron chi connectivity index (χ4n) is 0.571. The van der Waals surface area contributed by atoms with Crippen molar-refractivity contribution in [3.8, 4) is 0 Å². The molecule has 0 radical (unpaired) electrons. The van der Waals surface area contributed by atoms with Crippen molar-refractivity contribution in [1.82, 2.24) is 0 Å². The molecule has 0 aliphatic heterocycles. The van der Waals surface area contributed by atoms with Crippen molar-refractivity contribution in [3.05, 3.63) is 0 Å². The Labute approximate surface area is 80.2 Å². The van der Waals surface area contributed by atoms with Crippen molar-refractivity contribution in [2.75, 3.05) is 6.61 Å². The smallest absolute Gasteiger partial charge is 0.333 e. The second-order valence-electron chi connectivity index (χ2n) is 2.46. The van der Waals surface area contributed by atoms with Gasteiger partial charge in [0.2, 0.25) is 0 Å². The van der Waals surface area contributed by atoms with Crippen molar-refractivity contribution in [1.29, 1.82) is 0 Å². The highest BCUT2D eigenvalue weighted by molar-refractivity contribution is 7.84. The zero-order valence-corrected chi connectivity index (χ0v) is 7.79. The molecule has 0 fully saturated rings. The summed E-state index contributed by atoms with van der Waals surface area (Å²) in [5.74, 6) is 0. The molecule has 0 saturated heterocycles. The van der Waals surface area contributed by atoms with Crippen LogP contribution in [0.15, 0.2) is 0 Å². The van der Waals surface area contributed by atoms with Crippen LogP contribution in [-0.2, 0) is 19.3 Å². The molecule has 0 aromatic carbocycles. The van der Waals surface area contributed by atoms with Gasteiger partial charge in [-0.15, -0.1) is 0 Å². The molecule has 0 heterocycles. The summed E-state index contributed by atoms with van der Waals surface area (Å²) in [4.78, 5) is 9.95. The summed E-state index contributed by atoms with van der Waals surface area (Å²) in [5, 5.41) is 31.0. The Bertz CT molecular complexity index is 276. The monoisotopic (exact) mass is 229 g/mol. The first kappa shape index (κ1) is 13.4. The normalized spacial score (nSPS) is 18.6. The maximum atomic E-state index is 10.2. The van der Waals surface area contributed by atoms with Crippen LogP contribution in [0, 0.1) is 0 Å². The van der Waals surface area contributed by atoms with Crippen molar-refractivity contribution in [3.63, 3.8) is 0 Å². The van der Waals surface area contributed by atoms with Crippen molar-refractivity contribution in [2.24, 2.45) is 5.14 Å². The largest absolute Gasteiger partial charge is 0.388 e. The van der Waals surface area contributed by atoms with Crippen LogP contribution in [0.4, 0.5) is 0 Å². The van der Waals surface area contributed by atoms with Gasteiger partial charge in [-0.1, -0.05) is 0 Å². The number of aliphatic hydroxyl groups is 3. The summed E-state index contributed by atoms with van der Waals surface area (Å²) < 4.78 is 24.4. The molecule has 5 N–H and O–H groups in total. The van der Waals surface area contributed by atoms with E-state index in [1.165, 1.54) is 0 Å². The molecule has 0 unspecified atom stereocenters. The van der Waals surface area contributed by atoms with E-state index in [4.69, 9.17) is 15.3 Å². The minimum absolute atomic E-state index is 0.00909. The Morgan fingerprint density at radius 3 is 2.21 bits per heavy atom. The van der Waals surface area contributed by atoms with Gasteiger partial charge in [0.25, 0.3) is 0 Å². The Hall–Kier alpha value is -0.580. The van der Waals surface area contributed by atoms with Crippen molar-refractivity contribution < 1.29 is 32.7 Å². The lowest BCUT2D eigenvalue weighted by molar-refractivity contribution is -0.127. The molecule has 0 bridgehead atoms. The summed E-state index contributed by atoms with van der Waals surface area (Å²) >= 11 is 0. The SMILES string of the molecule is NS(=O)(=O)OC[C@@H](O)[C@@H](O)[C@H](O)C=O. The molecule has 0 saturated carbocycles. The van der Waals surface area contributed by atoms with Crippen LogP contribution in [-0.4, -0.2) is 54.9 Å². The average Bonchev–Trinajstić information content (AvgIpc) is 2.10. The lowest BCUT2D eigenvalue weighted by atomic mass is 10.1. The first-order valence-corrected chi connectivity index (χ1v) is 4.91. The second kappa shape index (κ2) is 5.34. The van der Waals surface area contributed by atoms with Crippen LogP contribution >= 0.6 is 0 Å². The van der Waals surface area contributed by atoms with Crippen LogP contribution < -0.4 is 5.14 Å². The fraction of sp³-hybridized carbons (Fsp3) is 0.800. The van der Waals surface area contributed by atoms with Gasteiger partial charge in [0.05, 0.1) is 6.61 Å². The predicted octanol–water partition coefficient (Wildman–Crippen LogP) is -3.51. The minimum atomic E-state index is -4.23. The van der Waals surface area contributed by atoms with E-state index >= 15 is 0 Å². The topological polar surface area (TPSA) is 147 Å². The van der Waals surface area contributed by atoms with Gasteiger partial charge >= 0.3 is 10.3 Å². The molecule has 0 aromatic heterocycles. The van der Waals surface area contributed by atoms with E-state index in [2.05, 4.69) is 9.32 Å². The molecule has 0 spiro atoms. The molecule has 0 rings (SSSR count). The molecule has 9 heteroatoms. The van der Waals surface area contributed by atoms with Crippen molar-refractivity contribution in [2.45, 2.75) is 18.3 Å². The van der Waals surface area contributed by atoms with Crippen LogP contribution in [0.3, 0.4) is 0 Å². The lowest BCUT2D eigenvalue weighted by Gasteiger charge is -2.18. The van der Waals surface area contributed by atoms with Gasteiger partial charge in [-0.2, -0.15) is 8.42 Å². The minimum Gasteiger partial charge on any atom is -0.388 e. The number of hydrogen-bond donors (Lipinski definition) is 4. The van der Waals surface area contributed by atoms with Crippen LogP contribution in [0.25, 0.3) is 0 Å². The number of aliphatic hydroxyl groups excluding tert-OH is 3. The number of nitrogens with two attached hydrogens (primary N) is 1. The highest BCUT2D eigenvalue weighted by atomic mass is 32.2. The fourth-order valence-corrected chi connectivity index (χ4v) is 0.900. The third-order valence-corrected chi connectivity index (χ3v) is 1.75. The molecule has 14 heavy (non-hydrogen) atoms. The second-order valence-corrected chi connectivity index (χ2v) is 3.68. The Morgan fingerprint density at radius 1 is 1.36 bits per heavy atom. The number of rotatable bonds is 6. The highest BCUT2D eigenvalue weighted by Gasteiger charge is 2.25. The standard InChI is InChI=1S/C5H11NO7S/c6-14(11,12)13-2-4(9)5(10)3(8)1-7/h1,3-5,8-10H,2H2,(H2,6,11,12)/t3-,4-,5+/m1/s1. The lowest BCUT2D eigenvalue weighted by Crippen LogP contribution is -2.41. The first-order chi connectivity index (χ1) is 6.28. The van der Waals surface area contributed by atoms with Crippen molar-refractivity contribution >= 4 is 16.6 Å². The molecule has 0 aliphatic rings. The molecule has 0 amide bonds. The Morgan fingerprint density at radius 2 is 1.86 bits per heavy atom. The third kappa shape index (κ3) is 5.21. The van der Waals surface area contributed by atoms with E-state index in [1.54, 1.807) is 0 Å². The van der Waals surface area contributed by atoms with Gasteiger partial charge in [0, 0.05) is 0 Å². The Balaban J connectivity index is 4.08. The van der Waals surface area contributed by atoms with Gasteiger partial charge in [0.1, 0.15) is 18.3 Å². The molecule has 8 nitrogen and oxygen atoms in total. The first-order valence-electron chi connectivity index (χ1n) is 3.44. The van der Waals surface area contributed by atoms with E-state index in [1.807, 2.05) is 0 Å². The van der Waals surface area contributed by atoms with E-state index in [0.717, 1.165) is 0 Å². The molecule has 0 aromatic rings. The molecule has 3 atom stereocenters. The van der Waals surface area contributed by atoms with E-state index in [9.17, 15) is 13.2 Å². The van der Waals surface area contributed by atoms with Crippen LogP contribution in [0.2, 0.25) is 0 Å². The van der Waals surface area contributed by atoms with Gasteiger partial charge in [-0.3, -0.25) is 4.18 Å². The van der Waals surface area contributed by atoms with E-state index in [0.29, 0.717) is 0 Å². The summed E-state index contributed by atoms with van der Waals surface area (Å²) in [6.07, 6.45) is -5.37. The molecule has 0 aliphatic carbocycles. The number of carbonyl (C=O) groups excluding carboxylic acids is 1. The zero-order chi connectivity index (χ0) is 11.4. The number of hydrogen-bond acceptors (Lipinski definition) is 7. The molecule has 84 valence electrons. The number of aldehydes is 1. The maximum absolute atomic E-state index is 10.2. The van der Waals surface area contributed by atoms with E-state index in [-0.39, 0.29) is 6.29 Å². The summed E-state index contributed by atoms with van der Waals surface area (Å²) in [6, 6.07) is 0. The number of carbonyl (C=O) groups is 1. The molecular weight excluding hydrogens is 218 g/mol.